The highest BCUT2D eigenvalue weighted by Gasteiger charge is 2.35. The quantitative estimate of drug-likeness (QED) is 0.355. The Morgan fingerprint density at radius 2 is 1.57 bits per heavy atom. The van der Waals surface area contributed by atoms with E-state index in [1.807, 2.05) is 31.2 Å². The number of rotatable bonds is 4. The molecule has 5 rings (SSSR count). The van der Waals surface area contributed by atoms with Gasteiger partial charge >= 0.3 is 0 Å². The van der Waals surface area contributed by atoms with Crippen LogP contribution in [0.2, 0.25) is 0 Å². The molecular formula is C27H24N2O. The monoisotopic (exact) mass is 392 g/mol. The predicted octanol–water partition coefficient (Wildman–Crippen LogP) is 6.79. The number of fused-ring (bicyclic) bond motifs is 2. The molecule has 30 heavy (non-hydrogen) atoms. The summed E-state index contributed by atoms with van der Waals surface area (Å²) in [7, 11) is 1.69. The number of nitrogens with zero attached hydrogens (tertiary/aromatic N) is 2. The second-order valence-electron chi connectivity index (χ2n) is 7.94. The minimum atomic E-state index is 0.667. The molecule has 0 heterocycles. The number of methoxy groups -OCH3 is 1. The standard InChI is InChI=1S/C27H24N2O/c1-18(19-6-4-3-5-7-19)28-25-12-10-22-17-26(13-11-21(22)16-25)29-27(30-2)23-9-8-20-14-24(20)15-23/h3-13,15-17,20,24H,14H2,1-2H3. The van der Waals surface area contributed by atoms with Gasteiger partial charge in [0.05, 0.1) is 18.5 Å². The maximum Gasteiger partial charge on any atom is 0.220 e. The van der Waals surface area contributed by atoms with E-state index in [1.54, 1.807) is 7.11 Å². The zero-order valence-corrected chi connectivity index (χ0v) is 17.2. The highest BCUT2D eigenvalue weighted by Crippen LogP contribution is 2.44. The molecule has 1 fully saturated rings. The summed E-state index contributed by atoms with van der Waals surface area (Å²) in [5.41, 5.74) is 5.07. The van der Waals surface area contributed by atoms with Crippen LogP contribution in [0.4, 0.5) is 11.4 Å². The van der Waals surface area contributed by atoms with Gasteiger partial charge in [0.15, 0.2) is 0 Å². The normalized spacial score (nSPS) is 20.7. The highest BCUT2D eigenvalue weighted by molar-refractivity contribution is 6.01. The van der Waals surface area contributed by atoms with Gasteiger partial charge in [0.2, 0.25) is 5.90 Å². The van der Waals surface area contributed by atoms with Crippen LogP contribution in [0.3, 0.4) is 0 Å². The molecule has 1 saturated carbocycles. The van der Waals surface area contributed by atoms with Gasteiger partial charge in [-0.25, -0.2) is 4.99 Å². The summed E-state index contributed by atoms with van der Waals surface area (Å²) in [6, 6.07) is 22.8. The lowest BCUT2D eigenvalue weighted by molar-refractivity contribution is 0.404. The van der Waals surface area contributed by atoms with E-state index >= 15 is 0 Å². The van der Waals surface area contributed by atoms with Crippen molar-refractivity contribution < 1.29 is 4.74 Å². The first-order chi connectivity index (χ1) is 14.7. The van der Waals surface area contributed by atoms with E-state index in [-0.39, 0.29) is 0 Å². The topological polar surface area (TPSA) is 34.0 Å². The lowest BCUT2D eigenvalue weighted by Crippen LogP contribution is -2.05. The summed E-state index contributed by atoms with van der Waals surface area (Å²) in [5.74, 6) is 2.07. The fourth-order valence-corrected chi connectivity index (χ4v) is 3.95. The van der Waals surface area contributed by atoms with Crippen LogP contribution in [-0.4, -0.2) is 18.7 Å². The van der Waals surface area contributed by atoms with Gasteiger partial charge in [0.1, 0.15) is 0 Å². The predicted molar refractivity (Wildman–Crippen MR) is 125 cm³/mol. The van der Waals surface area contributed by atoms with Gasteiger partial charge in [-0.1, -0.05) is 60.7 Å². The first kappa shape index (κ1) is 18.6. The Balaban J connectivity index is 1.43. The van der Waals surface area contributed by atoms with Gasteiger partial charge in [0, 0.05) is 11.3 Å². The van der Waals surface area contributed by atoms with Crippen molar-refractivity contribution >= 4 is 33.8 Å². The van der Waals surface area contributed by atoms with Gasteiger partial charge in [-0.2, -0.15) is 0 Å². The smallest absolute Gasteiger partial charge is 0.220 e. The molecule has 2 atom stereocenters. The molecule has 3 aromatic carbocycles. The Labute approximate surface area is 177 Å². The maximum absolute atomic E-state index is 5.59. The van der Waals surface area contributed by atoms with E-state index in [2.05, 4.69) is 60.7 Å². The summed E-state index contributed by atoms with van der Waals surface area (Å²) in [4.78, 5) is 9.55. The van der Waals surface area contributed by atoms with Crippen LogP contribution in [-0.2, 0) is 4.74 Å². The zero-order valence-electron chi connectivity index (χ0n) is 17.2. The summed E-state index contributed by atoms with van der Waals surface area (Å²) in [5, 5.41) is 2.28. The summed E-state index contributed by atoms with van der Waals surface area (Å²) >= 11 is 0. The molecule has 2 aliphatic rings. The number of hydrogen-bond donors (Lipinski definition) is 0. The average Bonchev–Trinajstić information content (AvgIpc) is 3.57. The molecule has 3 aromatic rings. The number of hydrogen-bond acceptors (Lipinski definition) is 3. The molecule has 3 nitrogen and oxygen atoms in total. The van der Waals surface area contributed by atoms with Crippen LogP contribution in [0.1, 0.15) is 18.9 Å². The van der Waals surface area contributed by atoms with Crippen LogP contribution < -0.4 is 0 Å². The van der Waals surface area contributed by atoms with E-state index in [9.17, 15) is 0 Å². The molecule has 0 amide bonds. The summed E-state index contributed by atoms with van der Waals surface area (Å²) < 4.78 is 5.59. The third-order valence-electron chi connectivity index (χ3n) is 5.77. The minimum Gasteiger partial charge on any atom is -0.481 e. The Morgan fingerprint density at radius 3 is 2.23 bits per heavy atom. The molecule has 0 aliphatic heterocycles. The van der Waals surface area contributed by atoms with Crippen molar-refractivity contribution in [3.05, 3.63) is 96.1 Å². The molecule has 2 unspecified atom stereocenters. The molecule has 0 aromatic heterocycles. The van der Waals surface area contributed by atoms with Crippen LogP contribution in [0, 0.1) is 11.8 Å². The Kier molecular flexibility index (Phi) is 4.80. The van der Waals surface area contributed by atoms with Gasteiger partial charge in [-0.3, -0.25) is 4.99 Å². The van der Waals surface area contributed by atoms with E-state index < -0.39 is 0 Å². The van der Waals surface area contributed by atoms with Crippen molar-refractivity contribution in [3.8, 4) is 0 Å². The number of ether oxygens (including phenoxy) is 1. The molecule has 0 N–H and O–H groups in total. The molecular weight excluding hydrogens is 368 g/mol. The largest absolute Gasteiger partial charge is 0.481 e. The van der Waals surface area contributed by atoms with Crippen molar-refractivity contribution in [2.24, 2.45) is 21.8 Å². The van der Waals surface area contributed by atoms with Crippen LogP contribution >= 0.6 is 0 Å². The number of allylic oxidation sites excluding steroid dienone is 2. The first-order valence-corrected chi connectivity index (χ1v) is 10.4. The number of aliphatic imine (C=N–C) groups is 2. The molecule has 0 spiro atoms. The molecule has 148 valence electrons. The van der Waals surface area contributed by atoms with E-state index in [0.717, 1.165) is 44.9 Å². The molecule has 2 aliphatic carbocycles. The van der Waals surface area contributed by atoms with Crippen molar-refractivity contribution in [1.82, 2.24) is 0 Å². The van der Waals surface area contributed by atoms with Crippen molar-refractivity contribution in [1.29, 1.82) is 0 Å². The minimum absolute atomic E-state index is 0.667. The third kappa shape index (κ3) is 3.84. The second kappa shape index (κ2) is 7.75. The SMILES string of the molecule is COC(=Nc1ccc2cc(N=C(C)c3ccccc3)ccc2c1)C1=CC2CC2C=C1. The lowest BCUT2D eigenvalue weighted by atomic mass is 10.1. The van der Waals surface area contributed by atoms with Gasteiger partial charge in [0.25, 0.3) is 0 Å². The van der Waals surface area contributed by atoms with E-state index in [4.69, 9.17) is 14.7 Å². The van der Waals surface area contributed by atoms with Crippen LogP contribution in [0.25, 0.3) is 10.8 Å². The average molecular weight is 393 g/mol. The second-order valence-corrected chi connectivity index (χ2v) is 7.94. The third-order valence-corrected chi connectivity index (χ3v) is 5.77. The fraction of sp³-hybridized carbons (Fsp3) is 0.185. The Morgan fingerprint density at radius 1 is 0.867 bits per heavy atom. The number of benzene rings is 3. The lowest BCUT2D eigenvalue weighted by Gasteiger charge is -2.09. The molecule has 3 heteroatoms. The highest BCUT2D eigenvalue weighted by atomic mass is 16.5. The molecule has 0 radical (unpaired) electrons. The van der Waals surface area contributed by atoms with E-state index in [1.165, 1.54) is 6.42 Å². The fourth-order valence-electron chi connectivity index (χ4n) is 3.95. The van der Waals surface area contributed by atoms with E-state index in [0.29, 0.717) is 11.8 Å². The summed E-state index contributed by atoms with van der Waals surface area (Å²) in [6.45, 7) is 2.04. The van der Waals surface area contributed by atoms with Crippen molar-refractivity contribution in [3.63, 3.8) is 0 Å². The van der Waals surface area contributed by atoms with Crippen LogP contribution in [0.5, 0.6) is 0 Å². The zero-order chi connectivity index (χ0) is 20.5. The van der Waals surface area contributed by atoms with Gasteiger partial charge in [-0.05, 0) is 65.8 Å². The van der Waals surface area contributed by atoms with Crippen molar-refractivity contribution in [2.45, 2.75) is 13.3 Å². The Hall–Kier alpha value is -3.46. The molecule has 0 bridgehead atoms. The summed E-state index contributed by atoms with van der Waals surface area (Å²) in [6.07, 6.45) is 7.94. The molecule has 0 saturated heterocycles. The van der Waals surface area contributed by atoms with Gasteiger partial charge < -0.3 is 4.74 Å². The first-order valence-electron chi connectivity index (χ1n) is 10.4. The maximum atomic E-state index is 5.59. The Bertz CT molecular complexity index is 1220. The van der Waals surface area contributed by atoms with Crippen LogP contribution in [0.15, 0.2) is 101 Å². The van der Waals surface area contributed by atoms with Crippen molar-refractivity contribution in [2.75, 3.05) is 7.11 Å². The van der Waals surface area contributed by atoms with Gasteiger partial charge in [-0.15, -0.1) is 0 Å².